The lowest BCUT2D eigenvalue weighted by Gasteiger charge is -2.38. The van der Waals surface area contributed by atoms with Gasteiger partial charge in [-0.2, -0.15) is 0 Å². The number of likely N-dealkylation sites (tertiary alicyclic amines) is 1. The first-order chi connectivity index (χ1) is 16.8. The number of rotatable bonds is 4. The molecule has 0 aliphatic carbocycles. The molecule has 2 aliphatic rings. The highest BCUT2D eigenvalue weighted by atomic mass is 19.3. The molecule has 2 fully saturated rings. The maximum atomic E-state index is 14.9. The molecule has 2 saturated heterocycles. The van der Waals surface area contributed by atoms with Crippen LogP contribution in [0.1, 0.15) is 46.1 Å². The number of nitrogens with zero attached hydrogens (tertiary/aromatic N) is 3. The summed E-state index contributed by atoms with van der Waals surface area (Å²) in [6.07, 6.45) is 0.816. The molecule has 3 atom stereocenters. The van der Waals surface area contributed by atoms with Crippen LogP contribution in [-0.4, -0.2) is 65.6 Å². The number of carbonyl (C=O) groups is 2. The van der Waals surface area contributed by atoms with Crippen LogP contribution in [0, 0.1) is 18.8 Å². The summed E-state index contributed by atoms with van der Waals surface area (Å²) >= 11 is 0. The number of halogens is 2. The van der Waals surface area contributed by atoms with Crippen molar-refractivity contribution in [2.24, 2.45) is 11.8 Å². The van der Waals surface area contributed by atoms with E-state index in [1.165, 1.54) is 0 Å². The summed E-state index contributed by atoms with van der Waals surface area (Å²) in [5, 5.41) is 4.07. The van der Waals surface area contributed by atoms with Gasteiger partial charge in [-0.1, -0.05) is 13.0 Å². The highest BCUT2D eigenvalue weighted by Crippen LogP contribution is 2.36. The minimum Gasteiger partial charge on any atom is -0.444 e. The smallest absolute Gasteiger partial charge is 0.410 e. The Morgan fingerprint density at radius 2 is 1.97 bits per heavy atom. The molecule has 3 heterocycles. The fourth-order valence-corrected chi connectivity index (χ4v) is 5.13. The number of amides is 2. The van der Waals surface area contributed by atoms with E-state index in [1.807, 2.05) is 25.1 Å². The molecule has 0 saturated carbocycles. The van der Waals surface area contributed by atoms with Gasteiger partial charge in [-0.3, -0.25) is 9.78 Å². The standard InChI is InChI=1S/C27H36F2N4O3/c1-17-8-9-22(20-7-6-11-30-24(17)20)33-14-18(2)21(15-33)31-23(34)13-19-10-12-32(16-27(19,28)29)25(35)36-26(3,4)5/h6-9,11,18-19,21H,10,12-16H2,1-5H3,(H,31,34)/t18-,19?,21?/m1/s1. The third-order valence-electron chi connectivity index (χ3n) is 7.08. The van der Waals surface area contributed by atoms with Crippen LogP contribution in [0.3, 0.4) is 0 Å². The number of fused-ring (bicyclic) bond motifs is 1. The normalized spacial score (nSPS) is 24.1. The fraction of sp³-hybridized carbons (Fsp3) is 0.593. The first-order valence-corrected chi connectivity index (χ1v) is 12.6. The molecular weight excluding hydrogens is 466 g/mol. The van der Waals surface area contributed by atoms with Gasteiger partial charge in [-0.15, -0.1) is 0 Å². The van der Waals surface area contributed by atoms with Crippen molar-refractivity contribution >= 4 is 28.6 Å². The lowest BCUT2D eigenvalue weighted by atomic mass is 9.89. The number of hydrogen-bond acceptors (Lipinski definition) is 5. The van der Waals surface area contributed by atoms with Crippen LogP contribution in [0.2, 0.25) is 0 Å². The van der Waals surface area contributed by atoms with Crippen LogP contribution >= 0.6 is 0 Å². The summed E-state index contributed by atoms with van der Waals surface area (Å²) in [6, 6.07) is 7.95. The number of pyridine rings is 1. The number of ether oxygens (including phenoxy) is 1. The van der Waals surface area contributed by atoms with Gasteiger partial charge in [-0.25, -0.2) is 13.6 Å². The van der Waals surface area contributed by atoms with Gasteiger partial charge in [0.05, 0.1) is 18.1 Å². The first-order valence-electron chi connectivity index (χ1n) is 12.6. The van der Waals surface area contributed by atoms with E-state index in [2.05, 4.69) is 28.2 Å². The van der Waals surface area contributed by atoms with Crippen molar-refractivity contribution in [3.63, 3.8) is 0 Å². The number of hydrogen-bond donors (Lipinski definition) is 1. The minimum absolute atomic E-state index is 0.0500. The molecule has 0 spiro atoms. The van der Waals surface area contributed by atoms with Gasteiger partial charge in [0.25, 0.3) is 5.92 Å². The summed E-state index contributed by atoms with van der Waals surface area (Å²) in [5.41, 5.74) is 2.37. The van der Waals surface area contributed by atoms with E-state index >= 15 is 0 Å². The van der Waals surface area contributed by atoms with Crippen LogP contribution in [0.15, 0.2) is 30.5 Å². The monoisotopic (exact) mass is 502 g/mol. The number of nitrogens with one attached hydrogen (secondary N) is 1. The SMILES string of the molecule is Cc1ccc(N2CC(NC(=O)CC3CCN(C(=O)OC(C)(C)C)CC3(F)F)[C@H](C)C2)c2cccnc12. The van der Waals surface area contributed by atoms with Crippen LogP contribution in [-0.2, 0) is 9.53 Å². The third kappa shape index (κ3) is 5.71. The predicted molar refractivity (Wildman–Crippen MR) is 135 cm³/mol. The Morgan fingerprint density at radius 3 is 2.67 bits per heavy atom. The van der Waals surface area contributed by atoms with Crippen molar-refractivity contribution in [1.29, 1.82) is 0 Å². The Kier molecular flexibility index (Phi) is 7.12. The average Bonchev–Trinajstić information content (AvgIpc) is 3.14. The number of aryl methyl sites for hydroxylation is 1. The summed E-state index contributed by atoms with van der Waals surface area (Å²) < 4.78 is 35.0. The zero-order chi connectivity index (χ0) is 26.3. The Morgan fingerprint density at radius 1 is 1.22 bits per heavy atom. The van der Waals surface area contributed by atoms with E-state index in [9.17, 15) is 18.4 Å². The van der Waals surface area contributed by atoms with E-state index < -0.39 is 30.1 Å². The first kappa shape index (κ1) is 26.1. The van der Waals surface area contributed by atoms with Crippen molar-refractivity contribution in [1.82, 2.24) is 15.2 Å². The Hall–Kier alpha value is -2.97. The van der Waals surface area contributed by atoms with Gasteiger partial charge in [-0.05, 0) is 63.8 Å². The lowest BCUT2D eigenvalue weighted by molar-refractivity contribution is -0.136. The van der Waals surface area contributed by atoms with Gasteiger partial charge in [0.15, 0.2) is 0 Å². The maximum absolute atomic E-state index is 14.9. The summed E-state index contributed by atoms with van der Waals surface area (Å²) in [4.78, 5) is 32.8. The molecule has 0 radical (unpaired) electrons. The van der Waals surface area contributed by atoms with Crippen molar-refractivity contribution < 1.29 is 23.1 Å². The fourth-order valence-electron chi connectivity index (χ4n) is 5.13. The van der Waals surface area contributed by atoms with Crippen LogP contribution in [0.25, 0.3) is 10.9 Å². The van der Waals surface area contributed by atoms with E-state index in [0.717, 1.165) is 33.6 Å². The van der Waals surface area contributed by atoms with Gasteiger partial charge in [0.2, 0.25) is 5.91 Å². The number of carbonyl (C=O) groups excluding carboxylic acids is 2. The zero-order valence-corrected chi connectivity index (χ0v) is 21.7. The predicted octanol–water partition coefficient (Wildman–Crippen LogP) is 4.77. The highest BCUT2D eigenvalue weighted by Gasteiger charge is 2.47. The highest BCUT2D eigenvalue weighted by molar-refractivity contribution is 5.94. The number of piperidine rings is 1. The summed E-state index contributed by atoms with van der Waals surface area (Å²) in [6.45, 7) is 9.95. The Labute approximate surface area is 211 Å². The van der Waals surface area contributed by atoms with E-state index in [4.69, 9.17) is 4.74 Å². The second-order valence-corrected chi connectivity index (χ2v) is 11.2. The number of aromatic nitrogens is 1. The summed E-state index contributed by atoms with van der Waals surface area (Å²) in [7, 11) is 0. The molecule has 1 aromatic carbocycles. The molecule has 2 unspecified atom stereocenters. The molecule has 36 heavy (non-hydrogen) atoms. The number of alkyl halides is 2. The molecule has 196 valence electrons. The van der Waals surface area contributed by atoms with Gasteiger partial charge >= 0.3 is 6.09 Å². The number of anilines is 1. The second kappa shape index (κ2) is 9.82. The second-order valence-electron chi connectivity index (χ2n) is 11.2. The summed E-state index contributed by atoms with van der Waals surface area (Å²) in [5.74, 6) is -4.49. The molecule has 4 rings (SSSR count). The third-order valence-corrected chi connectivity index (χ3v) is 7.08. The van der Waals surface area contributed by atoms with Crippen molar-refractivity contribution in [2.45, 2.75) is 65.0 Å². The quantitative estimate of drug-likeness (QED) is 0.652. The van der Waals surface area contributed by atoms with Crippen LogP contribution < -0.4 is 10.2 Å². The minimum atomic E-state index is -3.16. The van der Waals surface area contributed by atoms with Crippen LogP contribution in [0.4, 0.5) is 19.3 Å². The average molecular weight is 503 g/mol. The number of benzene rings is 1. The van der Waals surface area contributed by atoms with Crippen LogP contribution in [0.5, 0.6) is 0 Å². The molecule has 2 aliphatic heterocycles. The molecule has 9 heteroatoms. The molecule has 2 aromatic rings. The molecule has 2 amide bonds. The maximum Gasteiger partial charge on any atom is 0.410 e. The molecular formula is C27H36F2N4O3. The Balaban J connectivity index is 1.36. The van der Waals surface area contributed by atoms with Crippen molar-refractivity contribution in [2.75, 3.05) is 31.1 Å². The molecule has 1 aromatic heterocycles. The Bertz CT molecular complexity index is 1130. The largest absolute Gasteiger partial charge is 0.444 e. The molecule has 0 bridgehead atoms. The molecule has 1 N–H and O–H groups in total. The van der Waals surface area contributed by atoms with Crippen molar-refractivity contribution in [3.8, 4) is 0 Å². The topological polar surface area (TPSA) is 74.8 Å². The van der Waals surface area contributed by atoms with Crippen molar-refractivity contribution in [3.05, 3.63) is 36.0 Å². The molecule has 7 nitrogen and oxygen atoms in total. The van der Waals surface area contributed by atoms with E-state index in [0.29, 0.717) is 6.54 Å². The van der Waals surface area contributed by atoms with Gasteiger partial charge in [0, 0.05) is 49.2 Å². The van der Waals surface area contributed by atoms with E-state index in [-0.39, 0.29) is 37.3 Å². The van der Waals surface area contributed by atoms with Gasteiger partial charge in [0.1, 0.15) is 5.60 Å². The zero-order valence-electron chi connectivity index (χ0n) is 21.7. The van der Waals surface area contributed by atoms with E-state index in [1.54, 1.807) is 27.0 Å². The lowest BCUT2D eigenvalue weighted by Crippen LogP contribution is -2.53. The van der Waals surface area contributed by atoms with Gasteiger partial charge < -0.3 is 19.9 Å².